The fourth-order valence-electron chi connectivity index (χ4n) is 9.97. The van der Waals surface area contributed by atoms with Crippen molar-refractivity contribution in [3.63, 3.8) is 0 Å². The van der Waals surface area contributed by atoms with Gasteiger partial charge >= 0.3 is 23.9 Å². The molecule has 0 spiro atoms. The zero-order valence-electron chi connectivity index (χ0n) is 40.9. The molecule has 9 rings (SSSR count). The summed E-state index contributed by atoms with van der Waals surface area (Å²) in [5, 5.41) is 1.52. The smallest absolute Gasteiger partial charge is 0.340 e. The average molecular weight is 1180 g/mol. The van der Waals surface area contributed by atoms with Crippen LogP contribution in [0, 0.1) is 0 Å². The van der Waals surface area contributed by atoms with Gasteiger partial charge in [-0.05, 0) is 76.2 Å². The van der Waals surface area contributed by atoms with E-state index in [-0.39, 0.29) is 182 Å². The third kappa shape index (κ3) is 10.1. The number of benzene rings is 4. The van der Waals surface area contributed by atoms with Gasteiger partial charge in [0.15, 0.2) is 0 Å². The maximum absolute atomic E-state index is 14.8. The molecule has 4 N–H and O–H groups in total. The van der Waals surface area contributed by atoms with Gasteiger partial charge in [-0.15, -0.1) is 0 Å². The molecule has 0 aliphatic carbocycles. The van der Waals surface area contributed by atoms with Crippen LogP contribution >= 0.6 is 92.8 Å². The SMILES string of the molecule is CCOC(=O)c1c2[nH]c(c1-c1c(Cl)cccc1Cl)Cc1[nH]c(c(-c3c(Cl)cccc3Cl)c1C(=O)OCC)Cc1[nH]c(c(-c3c(Cl)cccc3Cl)c1C(=O)OCC)Cc1[nH]c(c(-c3c(Cl)cccc3Cl)c1C(=O)OCC)C2. The molecule has 0 fully saturated rings. The number of ether oxygens (including phenoxy) is 4. The van der Waals surface area contributed by atoms with Crippen LogP contribution in [-0.4, -0.2) is 70.2 Å². The van der Waals surface area contributed by atoms with Crippen molar-refractivity contribution in [2.45, 2.75) is 53.4 Å². The normalized spacial score (nSPS) is 12.2. The molecular formula is C56H44Cl8N4O8. The van der Waals surface area contributed by atoms with Gasteiger partial charge in [-0.3, -0.25) is 0 Å². The Morgan fingerprint density at radius 1 is 0.316 bits per heavy atom. The first kappa shape index (κ1) is 55.0. The summed E-state index contributed by atoms with van der Waals surface area (Å²) in [5.41, 5.74) is 4.77. The number of aromatic amines is 4. The van der Waals surface area contributed by atoms with Gasteiger partial charge in [0.05, 0.1) is 48.7 Å². The molecule has 1 aliphatic rings. The molecule has 0 atom stereocenters. The number of esters is 4. The molecule has 392 valence electrons. The summed E-state index contributed by atoms with van der Waals surface area (Å²) in [6, 6.07) is 19.7. The van der Waals surface area contributed by atoms with E-state index in [1.807, 2.05) is 0 Å². The number of nitrogens with one attached hydrogen (secondary N) is 4. The molecule has 76 heavy (non-hydrogen) atoms. The van der Waals surface area contributed by atoms with E-state index < -0.39 is 23.9 Å². The first-order valence-corrected chi connectivity index (χ1v) is 27.0. The average Bonchev–Trinajstić information content (AvgIpc) is 4.10. The molecule has 0 amide bonds. The van der Waals surface area contributed by atoms with E-state index in [0.29, 0.717) is 22.8 Å². The second-order valence-corrected chi connectivity index (χ2v) is 20.6. The van der Waals surface area contributed by atoms with E-state index >= 15 is 0 Å². The lowest BCUT2D eigenvalue weighted by molar-refractivity contribution is 0.0516. The van der Waals surface area contributed by atoms with E-state index in [9.17, 15) is 19.2 Å². The lowest BCUT2D eigenvalue weighted by Crippen LogP contribution is -2.10. The van der Waals surface area contributed by atoms with Crippen molar-refractivity contribution in [3.05, 3.63) is 181 Å². The zero-order valence-corrected chi connectivity index (χ0v) is 46.9. The maximum Gasteiger partial charge on any atom is 0.340 e. The van der Waals surface area contributed by atoms with Crippen LogP contribution in [0.2, 0.25) is 40.2 Å². The molecule has 0 unspecified atom stereocenters. The predicted molar refractivity (Wildman–Crippen MR) is 300 cm³/mol. The van der Waals surface area contributed by atoms with Gasteiger partial charge in [0.1, 0.15) is 0 Å². The van der Waals surface area contributed by atoms with Gasteiger partial charge in [-0.25, -0.2) is 19.2 Å². The lowest BCUT2D eigenvalue weighted by Gasteiger charge is -2.14. The minimum atomic E-state index is -0.744. The van der Waals surface area contributed by atoms with Crippen molar-refractivity contribution >= 4 is 117 Å². The number of carbonyl (C=O) groups is 4. The Balaban J connectivity index is 1.50. The zero-order chi connectivity index (χ0) is 54.3. The van der Waals surface area contributed by atoms with Gasteiger partial charge in [-0.2, -0.15) is 0 Å². The summed E-state index contributed by atoms with van der Waals surface area (Å²) < 4.78 is 23.3. The monoisotopic (exact) mass is 1180 g/mol. The molecule has 0 radical (unpaired) electrons. The highest BCUT2D eigenvalue weighted by Crippen LogP contribution is 2.49. The van der Waals surface area contributed by atoms with Crippen LogP contribution < -0.4 is 0 Å². The Labute approximate surface area is 476 Å². The molecule has 5 heterocycles. The van der Waals surface area contributed by atoms with Crippen LogP contribution in [0.3, 0.4) is 0 Å². The van der Waals surface area contributed by atoms with Gasteiger partial charge in [-0.1, -0.05) is 117 Å². The van der Waals surface area contributed by atoms with Gasteiger partial charge in [0.25, 0.3) is 0 Å². The number of hydrogen-bond donors (Lipinski definition) is 4. The van der Waals surface area contributed by atoms with Crippen LogP contribution in [0.4, 0.5) is 0 Å². The standard InChI is InChI=1S/C56H44Cl8N4O8/c1-5-73-53(69)49-37-21-34-46(42-27(59)15-10-16-28(42)60)51(55(71)75-7-3)39(66-34)23-36-48(44-31(63)19-12-20-32(44)64)52(56(72)76-8-4)40(68-36)24-35-47(43-29(61)17-11-18-30(43)62)50(54(70)74-6-2)38(67-35)22-33(65-37)45(49)41-25(57)13-9-14-26(41)58/h9-20,65-68H,5-8,21-24H2,1-4H3. The Bertz CT molecular complexity index is 3100. The second kappa shape index (κ2) is 23.0. The molecule has 12 nitrogen and oxygen atoms in total. The van der Waals surface area contributed by atoms with Crippen LogP contribution in [0.15, 0.2) is 72.8 Å². The molecule has 8 bridgehead atoms. The number of hydrogen-bond acceptors (Lipinski definition) is 8. The summed E-state index contributed by atoms with van der Waals surface area (Å²) in [6.45, 7) is 6.61. The molecule has 20 heteroatoms. The minimum absolute atomic E-state index is 0.0207. The van der Waals surface area contributed by atoms with Crippen molar-refractivity contribution in [1.29, 1.82) is 0 Å². The van der Waals surface area contributed by atoms with Crippen LogP contribution in [-0.2, 0) is 44.6 Å². The fraction of sp³-hybridized carbons (Fsp3) is 0.214. The third-order valence-electron chi connectivity index (χ3n) is 12.8. The summed E-state index contributed by atoms with van der Waals surface area (Å²) in [4.78, 5) is 73.3. The third-order valence-corrected chi connectivity index (χ3v) is 15.3. The highest BCUT2D eigenvalue weighted by atomic mass is 35.5. The molecule has 0 saturated heterocycles. The van der Waals surface area contributed by atoms with Gasteiger partial charge < -0.3 is 38.9 Å². The minimum Gasteiger partial charge on any atom is -0.462 e. The van der Waals surface area contributed by atoms with Crippen molar-refractivity contribution in [3.8, 4) is 44.5 Å². The topological polar surface area (TPSA) is 168 Å². The second-order valence-electron chi connectivity index (χ2n) is 17.3. The van der Waals surface area contributed by atoms with E-state index in [1.165, 1.54) is 0 Å². The largest absolute Gasteiger partial charge is 0.462 e. The van der Waals surface area contributed by atoms with E-state index in [1.54, 1.807) is 100 Å². The molecule has 1 aliphatic heterocycles. The fourth-order valence-corrected chi connectivity index (χ4v) is 12.3. The first-order valence-electron chi connectivity index (χ1n) is 23.9. The van der Waals surface area contributed by atoms with Gasteiger partial charge in [0.2, 0.25) is 0 Å². The highest BCUT2D eigenvalue weighted by molar-refractivity contribution is 6.42. The Morgan fingerprint density at radius 3 is 0.645 bits per heavy atom. The Hall–Kier alpha value is -5.80. The summed E-state index contributed by atoms with van der Waals surface area (Å²) in [6.07, 6.45) is -0.663. The van der Waals surface area contributed by atoms with Crippen molar-refractivity contribution in [2.24, 2.45) is 0 Å². The predicted octanol–water partition coefficient (Wildman–Crippen LogP) is 16.3. The Kier molecular flexibility index (Phi) is 16.7. The maximum atomic E-state index is 14.8. The molecule has 4 aromatic carbocycles. The highest BCUT2D eigenvalue weighted by Gasteiger charge is 2.37. The van der Waals surface area contributed by atoms with E-state index in [0.717, 1.165) is 0 Å². The number of fused-ring (bicyclic) bond motifs is 8. The summed E-state index contributed by atoms with van der Waals surface area (Å²) >= 11 is 56.6. The van der Waals surface area contributed by atoms with E-state index in [4.69, 9.17) is 112 Å². The molecule has 0 saturated carbocycles. The molecule has 8 aromatic rings. The number of aromatic nitrogens is 4. The lowest BCUT2D eigenvalue weighted by atomic mass is 9.92. The van der Waals surface area contributed by atoms with Crippen molar-refractivity contribution in [1.82, 2.24) is 19.9 Å². The van der Waals surface area contributed by atoms with Crippen LogP contribution in [0.25, 0.3) is 44.5 Å². The van der Waals surface area contributed by atoms with Gasteiger partial charge in [0, 0.05) is 156 Å². The number of rotatable bonds is 12. The number of carbonyl (C=O) groups excluding carboxylic acids is 4. The number of H-pyrrole nitrogens is 4. The van der Waals surface area contributed by atoms with Crippen LogP contribution in [0.1, 0.15) is 115 Å². The van der Waals surface area contributed by atoms with Crippen molar-refractivity contribution in [2.75, 3.05) is 26.4 Å². The molecule has 4 aromatic heterocycles. The van der Waals surface area contributed by atoms with E-state index in [2.05, 4.69) is 19.9 Å². The molecular weight excluding hydrogens is 1140 g/mol. The van der Waals surface area contributed by atoms with Crippen LogP contribution in [0.5, 0.6) is 0 Å². The Morgan fingerprint density at radius 2 is 0.487 bits per heavy atom. The van der Waals surface area contributed by atoms with Crippen molar-refractivity contribution < 1.29 is 38.1 Å². The number of halogens is 8. The summed E-state index contributed by atoms with van der Waals surface area (Å²) in [5.74, 6) is -2.98. The summed E-state index contributed by atoms with van der Waals surface area (Å²) in [7, 11) is 0. The quantitative estimate of drug-likeness (QED) is 0.0692. The first-order chi connectivity index (χ1) is 36.5.